The second-order valence-electron chi connectivity index (χ2n) is 7.99. The second kappa shape index (κ2) is 9.96. The van der Waals surface area contributed by atoms with Gasteiger partial charge in [-0.05, 0) is 43.9 Å². The smallest absolute Gasteiger partial charge is 0.0734 e. The highest BCUT2D eigenvalue weighted by molar-refractivity contribution is 4.97. The molecule has 0 heterocycles. The summed E-state index contributed by atoms with van der Waals surface area (Å²) < 4.78 is 6.35. The van der Waals surface area contributed by atoms with Gasteiger partial charge in [-0.2, -0.15) is 0 Å². The monoisotopic (exact) mass is 308 g/mol. The Bertz CT molecular complexity index is 258. The fourth-order valence-corrected chi connectivity index (χ4v) is 5.36. The molecule has 0 amide bonds. The molecule has 2 fully saturated rings. The summed E-state index contributed by atoms with van der Waals surface area (Å²) >= 11 is 0. The van der Waals surface area contributed by atoms with Crippen LogP contribution in [-0.4, -0.2) is 12.7 Å². The summed E-state index contributed by atoms with van der Waals surface area (Å²) in [5.41, 5.74) is 0.246. The largest absolute Gasteiger partial charge is 0.378 e. The zero-order chi connectivity index (χ0) is 15.7. The molecule has 0 aromatic heterocycles. The van der Waals surface area contributed by atoms with Crippen LogP contribution in [0.1, 0.15) is 110 Å². The SMILES string of the molecule is CCCCCCCCCC(OC)(C1CCCC1)C1CCCC1. The van der Waals surface area contributed by atoms with Crippen LogP contribution >= 0.6 is 0 Å². The van der Waals surface area contributed by atoms with E-state index in [-0.39, 0.29) is 5.60 Å². The summed E-state index contributed by atoms with van der Waals surface area (Å²) in [7, 11) is 2.03. The van der Waals surface area contributed by atoms with Gasteiger partial charge in [-0.25, -0.2) is 0 Å². The number of methoxy groups -OCH3 is 1. The zero-order valence-electron chi connectivity index (χ0n) is 15.4. The fourth-order valence-electron chi connectivity index (χ4n) is 5.36. The lowest BCUT2D eigenvalue weighted by molar-refractivity contribution is -0.107. The first-order valence-corrected chi connectivity index (χ1v) is 10.4. The minimum Gasteiger partial charge on any atom is -0.378 e. The Morgan fingerprint density at radius 1 is 0.727 bits per heavy atom. The highest BCUT2D eigenvalue weighted by Gasteiger charge is 2.46. The molecule has 0 radical (unpaired) electrons. The third-order valence-corrected chi connectivity index (χ3v) is 6.64. The number of ether oxygens (including phenoxy) is 1. The fraction of sp³-hybridized carbons (Fsp3) is 1.00. The van der Waals surface area contributed by atoms with Crippen molar-refractivity contribution in [2.24, 2.45) is 11.8 Å². The molecule has 0 bridgehead atoms. The average Bonchev–Trinajstić information content (AvgIpc) is 3.24. The third-order valence-electron chi connectivity index (χ3n) is 6.64. The molecule has 2 saturated carbocycles. The predicted molar refractivity (Wildman–Crippen MR) is 96.3 cm³/mol. The van der Waals surface area contributed by atoms with Gasteiger partial charge in [0.05, 0.1) is 5.60 Å². The highest BCUT2D eigenvalue weighted by Crippen LogP contribution is 2.49. The van der Waals surface area contributed by atoms with Crippen molar-refractivity contribution in [3.63, 3.8) is 0 Å². The summed E-state index contributed by atoms with van der Waals surface area (Å²) in [6.45, 7) is 2.30. The molecule has 0 aromatic carbocycles. The number of hydrogen-bond donors (Lipinski definition) is 0. The van der Waals surface area contributed by atoms with E-state index >= 15 is 0 Å². The van der Waals surface area contributed by atoms with E-state index in [1.165, 1.54) is 103 Å². The van der Waals surface area contributed by atoms with Crippen LogP contribution in [0.3, 0.4) is 0 Å². The lowest BCUT2D eigenvalue weighted by Gasteiger charge is -2.43. The Labute approximate surface area is 139 Å². The van der Waals surface area contributed by atoms with Crippen molar-refractivity contribution >= 4 is 0 Å². The Balaban J connectivity index is 1.81. The molecule has 1 nitrogen and oxygen atoms in total. The van der Waals surface area contributed by atoms with E-state index < -0.39 is 0 Å². The normalized spacial score (nSPS) is 21.0. The third kappa shape index (κ3) is 4.73. The molecule has 130 valence electrons. The molecule has 0 saturated heterocycles. The minimum atomic E-state index is 0.246. The van der Waals surface area contributed by atoms with Gasteiger partial charge in [0.25, 0.3) is 0 Å². The molecule has 2 aliphatic rings. The van der Waals surface area contributed by atoms with Gasteiger partial charge in [0.2, 0.25) is 0 Å². The van der Waals surface area contributed by atoms with Gasteiger partial charge in [-0.3, -0.25) is 0 Å². The van der Waals surface area contributed by atoms with Crippen LogP contribution in [0.5, 0.6) is 0 Å². The summed E-state index contributed by atoms with van der Waals surface area (Å²) in [6, 6.07) is 0. The standard InChI is InChI=1S/C21H40O/c1-3-4-5-6-7-8-13-18-21(22-2,19-14-9-10-15-19)20-16-11-12-17-20/h19-20H,3-18H2,1-2H3. The molecule has 2 rings (SSSR count). The number of rotatable bonds is 11. The zero-order valence-corrected chi connectivity index (χ0v) is 15.4. The van der Waals surface area contributed by atoms with E-state index in [4.69, 9.17) is 4.74 Å². The molecule has 0 unspecified atom stereocenters. The first kappa shape index (κ1) is 18.3. The van der Waals surface area contributed by atoms with E-state index in [0.29, 0.717) is 0 Å². The Morgan fingerprint density at radius 2 is 1.18 bits per heavy atom. The van der Waals surface area contributed by atoms with E-state index in [9.17, 15) is 0 Å². The maximum Gasteiger partial charge on any atom is 0.0734 e. The molecule has 0 N–H and O–H groups in total. The van der Waals surface area contributed by atoms with Gasteiger partial charge in [-0.15, -0.1) is 0 Å². The van der Waals surface area contributed by atoms with E-state index in [1.807, 2.05) is 7.11 Å². The molecule has 1 heteroatoms. The van der Waals surface area contributed by atoms with E-state index in [1.54, 1.807) is 0 Å². The van der Waals surface area contributed by atoms with Gasteiger partial charge in [0.1, 0.15) is 0 Å². The van der Waals surface area contributed by atoms with Crippen LogP contribution in [0, 0.1) is 11.8 Å². The van der Waals surface area contributed by atoms with Crippen molar-refractivity contribution in [3.05, 3.63) is 0 Å². The maximum atomic E-state index is 6.35. The lowest BCUT2D eigenvalue weighted by Crippen LogP contribution is -2.45. The van der Waals surface area contributed by atoms with Crippen LogP contribution < -0.4 is 0 Å². The summed E-state index contributed by atoms with van der Waals surface area (Å²) in [6.07, 6.45) is 22.8. The molecule has 0 aliphatic heterocycles. The Morgan fingerprint density at radius 3 is 1.64 bits per heavy atom. The molecule has 0 aromatic rings. The first-order valence-electron chi connectivity index (χ1n) is 10.4. The summed E-state index contributed by atoms with van der Waals surface area (Å²) in [5.74, 6) is 1.72. The van der Waals surface area contributed by atoms with Crippen LogP contribution in [0.4, 0.5) is 0 Å². The molecular formula is C21H40O. The van der Waals surface area contributed by atoms with Gasteiger partial charge < -0.3 is 4.74 Å². The average molecular weight is 309 g/mol. The molecule has 22 heavy (non-hydrogen) atoms. The quantitative estimate of drug-likeness (QED) is 0.377. The molecular weight excluding hydrogens is 268 g/mol. The summed E-state index contributed by atoms with van der Waals surface area (Å²) in [4.78, 5) is 0. The first-order chi connectivity index (χ1) is 10.8. The Hall–Kier alpha value is -0.0400. The topological polar surface area (TPSA) is 9.23 Å². The molecule has 2 aliphatic carbocycles. The molecule has 0 spiro atoms. The lowest BCUT2D eigenvalue weighted by atomic mass is 9.71. The van der Waals surface area contributed by atoms with Gasteiger partial charge >= 0.3 is 0 Å². The van der Waals surface area contributed by atoms with Gasteiger partial charge in [0.15, 0.2) is 0 Å². The highest BCUT2D eigenvalue weighted by atomic mass is 16.5. The summed E-state index contributed by atoms with van der Waals surface area (Å²) in [5, 5.41) is 0. The van der Waals surface area contributed by atoms with Crippen LogP contribution in [0.25, 0.3) is 0 Å². The van der Waals surface area contributed by atoms with Gasteiger partial charge in [-0.1, -0.05) is 77.6 Å². The number of hydrogen-bond acceptors (Lipinski definition) is 1. The van der Waals surface area contributed by atoms with Crippen molar-refractivity contribution in [1.82, 2.24) is 0 Å². The van der Waals surface area contributed by atoms with Crippen molar-refractivity contribution < 1.29 is 4.74 Å². The Kier molecular flexibility index (Phi) is 8.28. The van der Waals surface area contributed by atoms with Crippen molar-refractivity contribution in [1.29, 1.82) is 0 Å². The van der Waals surface area contributed by atoms with Gasteiger partial charge in [0, 0.05) is 7.11 Å². The molecule has 0 atom stereocenters. The van der Waals surface area contributed by atoms with E-state index in [2.05, 4.69) is 6.92 Å². The van der Waals surface area contributed by atoms with Crippen LogP contribution in [0.2, 0.25) is 0 Å². The van der Waals surface area contributed by atoms with E-state index in [0.717, 1.165) is 11.8 Å². The minimum absolute atomic E-state index is 0.246. The maximum absolute atomic E-state index is 6.35. The van der Waals surface area contributed by atoms with Crippen molar-refractivity contribution in [3.8, 4) is 0 Å². The second-order valence-corrected chi connectivity index (χ2v) is 7.99. The number of unbranched alkanes of at least 4 members (excludes halogenated alkanes) is 6. The predicted octanol–water partition coefficient (Wildman–Crippen LogP) is 6.89. The van der Waals surface area contributed by atoms with Crippen LogP contribution in [0.15, 0.2) is 0 Å². The van der Waals surface area contributed by atoms with Crippen molar-refractivity contribution in [2.75, 3.05) is 7.11 Å². The van der Waals surface area contributed by atoms with Crippen molar-refractivity contribution in [2.45, 2.75) is 115 Å². The van der Waals surface area contributed by atoms with Crippen LogP contribution in [-0.2, 0) is 4.74 Å².